The summed E-state index contributed by atoms with van der Waals surface area (Å²) in [7, 11) is 0. The lowest BCUT2D eigenvalue weighted by Gasteiger charge is -2.41. The highest BCUT2D eigenvalue weighted by Crippen LogP contribution is 2.41. The Bertz CT molecular complexity index is 854. The van der Waals surface area contributed by atoms with Crippen molar-refractivity contribution in [3.63, 3.8) is 0 Å². The Morgan fingerprint density at radius 3 is 2.92 bits per heavy atom. The molecule has 1 aromatic heterocycles. The van der Waals surface area contributed by atoms with E-state index in [0.717, 1.165) is 10.2 Å². The predicted octanol–water partition coefficient (Wildman–Crippen LogP) is 3.97. The van der Waals surface area contributed by atoms with Crippen molar-refractivity contribution in [2.75, 3.05) is 0 Å². The number of ether oxygens (including phenoxy) is 2. The fourth-order valence-corrected chi connectivity index (χ4v) is 4.79. The summed E-state index contributed by atoms with van der Waals surface area (Å²) in [5, 5.41) is 0.710. The largest absolute Gasteiger partial charge is 0.496 e. The minimum absolute atomic E-state index is 0.0126. The van der Waals surface area contributed by atoms with Crippen molar-refractivity contribution < 1.29 is 19.1 Å². The number of carbonyl (C=O) groups excluding carboxylic acids is 2. The molecule has 5 nitrogen and oxygen atoms in total. The highest BCUT2D eigenvalue weighted by Gasteiger charge is 2.46. The van der Waals surface area contributed by atoms with E-state index < -0.39 is 0 Å². The molecule has 4 rings (SSSR count). The number of para-hydroxylation sites is 1. The number of rotatable bonds is 3. The SMILES string of the molecule is CCC(=O)OC1CCC2C(=O)C(c3nc4ccccc4s3)=COC2C1C. The molecule has 4 unspecified atom stereocenters. The van der Waals surface area contributed by atoms with Crippen LogP contribution in [0.4, 0.5) is 0 Å². The second kappa shape index (κ2) is 6.83. The number of hydrogen-bond acceptors (Lipinski definition) is 6. The maximum absolute atomic E-state index is 13.1. The molecule has 0 saturated heterocycles. The number of benzene rings is 1. The average Bonchev–Trinajstić information content (AvgIpc) is 3.08. The van der Waals surface area contributed by atoms with Gasteiger partial charge in [0.2, 0.25) is 0 Å². The summed E-state index contributed by atoms with van der Waals surface area (Å²) >= 11 is 1.51. The molecule has 0 radical (unpaired) electrons. The number of thiazole rings is 1. The van der Waals surface area contributed by atoms with Crippen LogP contribution in [-0.4, -0.2) is 28.9 Å². The first kappa shape index (κ1) is 17.2. The van der Waals surface area contributed by atoms with Crippen LogP contribution >= 0.6 is 11.3 Å². The second-order valence-electron chi connectivity index (χ2n) is 6.91. The highest BCUT2D eigenvalue weighted by molar-refractivity contribution is 7.19. The Labute approximate surface area is 156 Å². The third kappa shape index (κ3) is 2.92. The topological polar surface area (TPSA) is 65.5 Å². The molecular weight excluding hydrogens is 350 g/mol. The van der Waals surface area contributed by atoms with Gasteiger partial charge in [-0.2, -0.15) is 0 Å². The van der Waals surface area contributed by atoms with Gasteiger partial charge in [0.05, 0.1) is 28.0 Å². The molecular formula is C20H21NO4S. The Morgan fingerprint density at radius 1 is 1.35 bits per heavy atom. The van der Waals surface area contributed by atoms with E-state index in [1.165, 1.54) is 11.3 Å². The molecule has 0 N–H and O–H groups in total. The number of hydrogen-bond donors (Lipinski definition) is 0. The van der Waals surface area contributed by atoms with Gasteiger partial charge >= 0.3 is 5.97 Å². The molecule has 4 atom stereocenters. The Balaban J connectivity index is 1.58. The number of ketones is 1. The van der Waals surface area contributed by atoms with Crippen LogP contribution in [0.25, 0.3) is 15.8 Å². The first-order valence-electron chi connectivity index (χ1n) is 9.03. The lowest BCUT2D eigenvalue weighted by molar-refractivity contribution is -0.160. The third-order valence-corrected chi connectivity index (χ3v) is 6.37. The summed E-state index contributed by atoms with van der Waals surface area (Å²) in [6.45, 7) is 3.78. The van der Waals surface area contributed by atoms with E-state index in [-0.39, 0.29) is 35.8 Å². The van der Waals surface area contributed by atoms with Gasteiger partial charge in [0.15, 0.2) is 5.78 Å². The van der Waals surface area contributed by atoms with Crippen LogP contribution in [0.2, 0.25) is 0 Å². The van der Waals surface area contributed by atoms with Gasteiger partial charge in [0.1, 0.15) is 17.2 Å². The lowest BCUT2D eigenvalue weighted by atomic mass is 9.73. The van der Waals surface area contributed by atoms with Gasteiger partial charge in [0, 0.05) is 12.3 Å². The third-order valence-electron chi connectivity index (χ3n) is 5.30. The Hall–Kier alpha value is -2.21. The normalized spacial score (nSPS) is 28.2. The van der Waals surface area contributed by atoms with Crippen LogP contribution in [0.5, 0.6) is 0 Å². The summed E-state index contributed by atoms with van der Waals surface area (Å²) in [4.78, 5) is 29.3. The number of fused-ring (bicyclic) bond motifs is 2. The number of aromatic nitrogens is 1. The van der Waals surface area contributed by atoms with E-state index in [1.807, 2.05) is 31.2 Å². The molecule has 2 heterocycles. The lowest BCUT2D eigenvalue weighted by Crippen LogP contribution is -2.48. The summed E-state index contributed by atoms with van der Waals surface area (Å²) in [5.41, 5.74) is 1.45. The van der Waals surface area contributed by atoms with Crippen LogP contribution < -0.4 is 0 Å². The van der Waals surface area contributed by atoms with E-state index in [0.29, 0.717) is 29.8 Å². The van der Waals surface area contributed by atoms with Crippen molar-refractivity contribution in [3.05, 3.63) is 35.5 Å². The molecule has 136 valence electrons. The Morgan fingerprint density at radius 2 is 2.15 bits per heavy atom. The number of esters is 1. The first-order chi connectivity index (χ1) is 12.6. The first-order valence-corrected chi connectivity index (χ1v) is 9.85. The molecule has 1 aromatic carbocycles. The predicted molar refractivity (Wildman–Crippen MR) is 99.5 cm³/mol. The zero-order valence-electron chi connectivity index (χ0n) is 14.8. The van der Waals surface area contributed by atoms with Crippen LogP contribution in [0.1, 0.15) is 38.1 Å². The van der Waals surface area contributed by atoms with Gasteiger partial charge in [-0.15, -0.1) is 11.3 Å². The van der Waals surface area contributed by atoms with Gasteiger partial charge in [0.25, 0.3) is 0 Å². The molecule has 0 bridgehead atoms. The Kier molecular flexibility index (Phi) is 4.53. The summed E-state index contributed by atoms with van der Waals surface area (Å²) in [6, 6.07) is 7.86. The fraction of sp³-hybridized carbons (Fsp3) is 0.450. The zero-order valence-corrected chi connectivity index (χ0v) is 15.6. The van der Waals surface area contributed by atoms with Gasteiger partial charge in [-0.05, 0) is 25.0 Å². The van der Waals surface area contributed by atoms with Gasteiger partial charge in [-0.25, -0.2) is 4.98 Å². The molecule has 0 spiro atoms. The van der Waals surface area contributed by atoms with E-state index in [1.54, 1.807) is 13.2 Å². The summed E-state index contributed by atoms with van der Waals surface area (Å²) < 4.78 is 12.5. The number of allylic oxidation sites excluding steroid dienone is 1. The second-order valence-corrected chi connectivity index (χ2v) is 7.94. The number of Topliss-reactive ketones (excluding diaryl/α,β-unsaturated/α-hetero) is 1. The smallest absolute Gasteiger partial charge is 0.305 e. The fourth-order valence-electron chi connectivity index (χ4n) is 3.81. The minimum atomic E-state index is -0.246. The molecule has 1 fully saturated rings. The standard InChI is InChI=1S/C20H21NO4S/c1-3-17(22)25-15-9-8-12-18(23)13(10-24-19(12)11(15)2)20-21-14-6-4-5-7-16(14)26-20/h4-7,10-12,15,19H,3,8-9H2,1-2H3. The van der Waals surface area contributed by atoms with Crippen molar-refractivity contribution in [2.45, 2.75) is 45.3 Å². The monoisotopic (exact) mass is 371 g/mol. The van der Waals surface area contributed by atoms with Crippen molar-refractivity contribution in [3.8, 4) is 0 Å². The van der Waals surface area contributed by atoms with E-state index in [9.17, 15) is 9.59 Å². The van der Waals surface area contributed by atoms with Gasteiger partial charge in [-0.1, -0.05) is 26.0 Å². The maximum atomic E-state index is 13.1. The molecule has 1 aliphatic carbocycles. The van der Waals surface area contributed by atoms with Crippen LogP contribution in [0.3, 0.4) is 0 Å². The van der Waals surface area contributed by atoms with Gasteiger partial charge < -0.3 is 9.47 Å². The highest BCUT2D eigenvalue weighted by atomic mass is 32.1. The zero-order chi connectivity index (χ0) is 18.3. The van der Waals surface area contributed by atoms with Crippen molar-refractivity contribution in [1.82, 2.24) is 4.98 Å². The van der Waals surface area contributed by atoms with Crippen molar-refractivity contribution in [2.24, 2.45) is 11.8 Å². The van der Waals surface area contributed by atoms with Crippen LogP contribution in [0, 0.1) is 11.8 Å². The molecule has 2 aliphatic rings. The number of nitrogens with zero attached hydrogens (tertiary/aromatic N) is 1. The summed E-state index contributed by atoms with van der Waals surface area (Å²) in [6.07, 6.45) is 2.84. The molecule has 1 saturated carbocycles. The van der Waals surface area contributed by atoms with E-state index in [4.69, 9.17) is 9.47 Å². The van der Waals surface area contributed by atoms with E-state index >= 15 is 0 Å². The van der Waals surface area contributed by atoms with E-state index in [2.05, 4.69) is 4.98 Å². The average molecular weight is 371 g/mol. The van der Waals surface area contributed by atoms with Crippen LogP contribution in [-0.2, 0) is 19.1 Å². The molecule has 26 heavy (non-hydrogen) atoms. The van der Waals surface area contributed by atoms with Crippen molar-refractivity contribution >= 4 is 38.9 Å². The van der Waals surface area contributed by atoms with Gasteiger partial charge in [-0.3, -0.25) is 9.59 Å². The van der Waals surface area contributed by atoms with Crippen LogP contribution in [0.15, 0.2) is 30.5 Å². The summed E-state index contributed by atoms with van der Waals surface area (Å²) in [5.74, 6) is -0.324. The molecule has 6 heteroatoms. The quantitative estimate of drug-likeness (QED) is 0.764. The molecule has 1 aliphatic heterocycles. The van der Waals surface area contributed by atoms with Crippen molar-refractivity contribution in [1.29, 1.82) is 0 Å². The molecule has 2 aromatic rings. The minimum Gasteiger partial charge on any atom is -0.496 e. The number of carbonyl (C=O) groups is 2. The maximum Gasteiger partial charge on any atom is 0.305 e. The molecule has 0 amide bonds.